The molecule has 2 rings (SSSR count). The van der Waals surface area contributed by atoms with Crippen molar-refractivity contribution in [2.24, 2.45) is 4.99 Å². The first-order valence-corrected chi connectivity index (χ1v) is 5.90. The Morgan fingerprint density at radius 2 is 2.00 bits per heavy atom. The lowest BCUT2D eigenvalue weighted by Crippen LogP contribution is -1.84. The van der Waals surface area contributed by atoms with Crippen molar-refractivity contribution in [3.63, 3.8) is 0 Å². The smallest absolute Gasteiger partial charge is 0.198 e. The molecular formula is C14H18N2O. The van der Waals surface area contributed by atoms with Crippen molar-refractivity contribution in [2.75, 3.05) is 0 Å². The molecule has 2 aromatic rings. The topological polar surface area (TPSA) is 38.4 Å². The average Bonchev–Trinajstić information content (AvgIpc) is 2.60. The van der Waals surface area contributed by atoms with Crippen molar-refractivity contribution in [2.45, 2.75) is 40.5 Å². The Morgan fingerprint density at radius 1 is 1.29 bits per heavy atom. The van der Waals surface area contributed by atoms with Crippen LogP contribution in [0.25, 0.3) is 11.1 Å². The minimum absolute atomic E-state index is 0.308. The van der Waals surface area contributed by atoms with Gasteiger partial charge in [0.15, 0.2) is 11.5 Å². The van der Waals surface area contributed by atoms with Crippen molar-refractivity contribution in [3.05, 3.63) is 23.6 Å². The van der Waals surface area contributed by atoms with Crippen molar-refractivity contribution in [3.8, 4) is 0 Å². The van der Waals surface area contributed by atoms with E-state index >= 15 is 0 Å². The molecule has 0 atom stereocenters. The Morgan fingerprint density at radius 3 is 2.59 bits per heavy atom. The number of nitrogens with zero attached hydrogens (tertiary/aromatic N) is 2. The van der Waals surface area contributed by atoms with Gasteiger partial charge in [-0.25, -0.2) is 4.98 Å². The number of fused-ring (bicyclic) bond motifs is 1. The van der Waals surface area contributed by atoms with E-state index in [-0.39, 0.29) is 0 Å². The normalized spacial score (nSPS) is 11.2. The monoisotopic (exact) mass is 230 g/mol. The molecule has 0 radical (unpaired) electrons. The van der Waals surface area contributed by atoms with Crippen LogP contribution in [0.1, 0.15) is 45.1 Å². The van der Waals surface area contributed by atoms with E-state index in [1.807, 2.05) is 32.9 Å². The first kappa shape index (κ1) is 11.8. The zero-order valence-corrected chi connectivity index (χ0v) is 11.0. The number of aromatic nitrogens is 1. The second-order valence-corrected chi connectivity index (χ2v) is 4.87. The molecule has 3 heteroatoms. The molecule has 0 saturated heterocycles. The van der Waals surface area contributed by atoms with Gasteiger partial charge in [-0.3, -0.25) is 4.99 Å². The Bertz CT molecular complexity index is 575. The molecule has 0 aliphatic rings. The molecule has 0 fully saturated rings. The van der Waals surface area contributed by atoms with Crippen molar-refractivity contribution < 1.29 is 4.42 Å². The highest BCUT2D eigenvalue weighted by Crippen LogP contribution is 2.28. The molecule has 0 unspecified atom stereocenters. The van der Waals surface area contributed by atoms with Gasteiger partial charge in [0.1, 0.15) is 5.52 Å². The molecule has 0 saturated carbocycles. The third kappa shape index (κ3) is 2.38. The summed E-state index contributed by atoms with van der Waals surface area (Å²) in [6.45, 7) is 10.2. The quantitative estimate of drug-likeness (QED) is 0.718. The van der Waals surface area contributed by atoms with Gasteiger partial charge >= 0.3 is 0 Å². The average molecular weight is 230 g/mol. The fourth-order valence-corrected chi connectivity index (χ4v) is 1.69. The van der Waals surface area contributed by atoms with Crippen molar-refractivity contribution in [1.82, 2.24) is 4.98 Å². The minimum Gasteiger partial charge on any atom is -0.440 e. The maximum atomic E-state index is 5.73. The molecule has 0 amide bonds. The van der Waals surface area contributed by atoms with Crippen LogP contribution in [0.4, 0.5) is 5.69 Å². The maximum absolute atomic E-state index is 5.73. The fourth-order valence-electron chi connectivity index (χ4n) is 1.69. The van der Waals surface area contributed by atoms with Gasteiger partial charge in [0.25, 0.3) is 0 Å². The van der Waals surface area contributed by atoms with Crippen LogP contribution in [0.5, 0.6) is 0 Å². The van der Waals surface area contributed by atoms with Gasteiger partial charge in [-0.2, -0.15) is 0 Å². The summed E-state index contributed by atoms with van der Waals surface area (Å²) in [5, 5.41) is 0. The third-order valence-corrected chi connectivity index (χ3v) is 2.56. The Labute approximate surface area is 102 Å². The van der Waals surface area contributed by atoms with Crippen LogP contribution in [-0.4, -0.2) is 10.7 Å². The predicted octanol–water partition coefficient (Wildman–Crippen LogP) is 4.37. The van der Waals surface area contributed by atoms with E-state index in [1.54, 1.807) is 0 Å². The van der Waals surface area contributed by atoms with Gasteiger partial charge in [0, 0.05) is 17.7 Å². The van der Waals surface area contributed by atoms with E-state index in [4.69, 9.17) is 4.42 Å². The van der Waals surface area contributed by atoms with Crippen molar-refractivity contribution in [1.29, 1.82) is 0 Å². The SMILES string of the molecule is CC(C)=Nc1cc2oc(C(C)C)nc2cc1C. The van der Waals surface area contributed by atoms with Gasteiger partial charge in [-0.1, -0.05) is 13.8 Å². The highest BCUT2D eigenvalue weighted by Gasteiger charge is 2.11. The third-order valence-electron chi connectivity index (χ3n) is 2.56. The molecule has 17 heavy (non-hydrogen) atoms. The van der Waals surface area contributed by atoms with Crippen LogP contribution < -0.4 is 0 Å². The molecule has 1 aromatic carbocycles. The second kappa shape index (κ2) is 4.32. The van der Waals surface area contributed by atoms with Gasteiger partial charge in [-0.05, 0) is 32.4 Å². The predicted molar refractivity (Wildman–Crippen MR) is 71.3 cm³/mol. The molecule has 0 bridgehead atoms. The van der Waals surface area contributed by atoms with E-state index in [0.717, 1.165) is 34.0 Å². The van der Waals surface area contributed by atoms with Gasteiger partial charge < -0.3 is 4.42 Å². The number of rotatable bonds is 2. The lowest BCUT2D eigenvalue weighted by Gasteiger charge is -1.99. The van der Waals surface area contributed by atoms with Crippen LogP contribution in [0.2, 0.25) is 0 Å². The molecule has 3 nitrogen and oxygen atoms in total. The van der Waals surface area contributed by atoms with E-state index in [1.165, 1.54) is 0 Å². The van der Waals surface area contributed by atoms with Gasteiger partial charge in [0.05, 0.1) is 5.69 Å². The zero-order chi connectivity index (χ0) is 12.6. The highest BCUT2D eigenvalue weighted by molar-refractivity contribution is 5.85. The molecule has 1 aromatic heterocycles. The first-order chi connectivity index (χ1) is 7.97. The molecular weight excluding hydrogens is 212 g/mol. The Balaban J connectivity index is 2.59. The number of aryl methyl sites for hydroxylation is 1. The molecule has 0 N–H and O–H groups in total. The molecule has 0 aliphatic heterocycles. The standard InChI is InChI=1S/C14H18N2O/c1-8(2)14-16-12-6-10(5)11(15-9(3)4)7-13(12)17-14/h6-8H,1-5H3. The fraction of sp³-hybridized carbons (Fsp3) is 0.429. The number of hydrogen-bond acceptors (Lipinski definition) is 3. The zero-order valence-electron chi connectivity index (χ0n) is 11.0. The summed E-state index contributed by atoms with van der Waals surface area (Å²) in [6.07, 6.45) is 0. The van der Waals surface area contributed by atoms with Crippen LogP contribution in [-0.2, 0) is 0 Å². The summed E-state index contributed by atoms with van der Waals surface area (Å²) in [5.74, 6) is 1.09. The van der Waals surface area contributed by atoms with Crippen molar-refractivity contribution >= 4 is 22.5 Å². The van der Waals surface area contributed by atoms with Crippen LogP contribution in [0.3, 0.4) is 0 Å². The van der Waals surface area contributed by atoms with Crippen LogP contribution in [0, 0.1) is 6.92 Å². The molecule has 90 valence electrons. The lowest BCUT2D eigenvalue weighted by molar-refractivity contribution is 0.501. The minimum atomic E-state index is 0.308. The number of benzene rings is 1. The Kier molecular flexibility index (Phi) is 3.01. The Hall–Kier alpha value is -1.64. The van der Waals surface area contributed by atoms with Crippen LogP contribution >= 0.6 is 0 Å². The molecule has 1 heterocycles. The maximum Gasteiger partial charge on any atom is 0.198 e. The summed E-state index contributed by atoms with van der Waals surface area (Å²) in [6, 6.07) is 4.00. The highest BCUT2D eigenvalue weighted by atomic mass is 16.3. The van der Waals surface area contributed by atoms with Gasteiger partial charge in [-0.15, -0.1) is 0 Å². The summed E-state index contributed by atoms with van der Waals surface area (Å²) < 4.78 is 5.73. The van der Waals surface area contributed by atoms with Crippen LogP contribution in [0.15, 0.2) is 21.5 Å². The molecule has 0 spiro atoms. The lowest BCUT2D eigenvalue weighted by atomic mass is 10.2. The number of aliphatic imine (C=N–C) groups is 1. The summed E-state index contributed by atoms with van der Waals surface area (Å²) >= 11 is 0. The summed E-state index contributed by atoms with van der Waals surface area (Å²) in [5.41, 5.74) is 4.86. The van der Waals surface area contributed by atoms with E-state index in [2.05, 4.69) is 23.8 Å². The van der Waals surface area contributed by atoms with E-state index in [0.29, 0.717) is 5.92 Å². The summed E-state index contributed by atoms with van der Waals surface area (Å²) in [4.78, 5) is 8.97. The number of hydrogen-bond donors (Lipinski definition) is 0. The van der Waals surface area contributed by atoms with E-state index < -0.39 is 0 Å². The number of oxazole rings is 1. The summed E-state index contributed by atoms with van der Waals surface area (Å²) in [7, 11) is 0. The second-order valence-electron chi connectivity index (χ2n) is 4.87. The first-order valence-electron chi connectivity index (χ1n) is 5.90. The van der Waals surface area contributed by atoms with Gasteiger partial charge in [0.2, 0.25) is 0 Å². The molecule has 0 aliphatic carbocycles. The van der Waals surface area contributed by atoms with E-state index in [9.17, 15) is 0 Å². The largest absolute Gasteiger partial charge is 0.440 e.